The second-order valence-electron chi connectivity index (χ2n) is 5.70. The number of benzene rings is 2. The molecule has 0 saturated heterocycles. The number of hydrogen-bond acceptors (Lipinski definition) is 2. The van der Waals surface area contributed by atoms with Crippen LogP contribution >= 0.6 is 0 Å². The minimum absolute atomic E-state index is 0.0815. The number of anilines is 1. The van der Waals surface area contributed by atoms with E-state index in [0.29, 0.717) is 11.5 Å². The molecule has 2 aromatic carbocycles. The van der Waals surface area contributed by atoms with E-state index in [2.05, 4.69) is 23.9 Å². The van der Waals surface area contributed by atoms with Crippen LogP contribution in [0.4, 0.5) is 14.5 Å². The average molecular weight is 345 g/mol. The largest absolute Gasteiger partial charge is 0.435 e. The summed E-state index contributed by atoms with van der Waals surface area (Å²) in [6.07, 6.45) is 4.07. The zero-order chi connectivity index (χ0) is 18.2. The van der Waals surface area contributed by atoms with E-state index in [0.717, 1.165) is 12.1 Å². The molecule has 0 spiro atoms. The molecule has 0 aliphatic carbocycles. The Bertz CT molecular complexity index is 709. The van der Waals surface area contributed by atoms with E-state index in [1.54, 1.807) is 18.2 Å². The van der Waals surface area contributed by atoms with Crippen LogP contribution < -0.4 is 10.1 Å². The van der Waals surface area contributed by atoms with Crippen LogP contribution in [-0.4, -0.2) is 12.5 Å². The highest BCUT2D eigenvalue weighted by molar-refractivity contribution is 6.01. The van der Waals surface area contributed by atoms with E-state index in [4.69, 9.17) is 0 Å². The molecule has 1 atom stereocenters. The number of amides is 1. The van der Waals surface area contributed by atoms with Crippen molar-refractivity contribution >= 4 is 17.7 Å². The van der Waals surface area contributed by atoms with Gasteiger partial charge in [0.1, 0.15) is 5.75 Å². The lowest BCUT2D eigenvalue weighted by atomic mass is 9.99. The number of hydrogen-bond donors (Lipinski definition) is 1. The maximum atomic E-state index is 12.1. The molecule has 2 aromatic rings. The Morgan fingerprint density at radius 2 is 1.76 bits per heavy atom. The smallest absolute Gasteiger partial charge is 0.387 e. The summed E-state index contributed by atoms with van der Waals surface area (Å²) in [7, 11) is 0. The summed E-state index contributed by atoms with van der Waals surface area (Å²) in [5, 5.41) is 2.78. The monoisotopic (exact) mass is 345 g/mol. The molecule has 0 aromatic heterocycles. The van der Waals surface area contributed by atoms with Crippen LogP contribution in [0, 0.1) is 0 Å². The molecule has 2 rings (SSSR count). The molecule has 0 radical (unpaired) electrons. The highest BCUT2D eigenvalue weighted by Crippen LogP contribution is 2.20. The zero-order valence-corrected chi connectivity index (χ0v) is 14.2. The van der Waals surface area contributed by atoms with Gasteiger partial charge in [-0.2, -0.15) is 8.78 Å². The van der Waals surface area contributed by atoms with Gasteiger partial charge >= 0.3 is 6.61 Å². The number of ether oxygens (including phenoxy) is 1. The molecule has 25 heavy (non-hydrogen) atoms. The van der Waals surface area contributed by atoms with Crippen LogP contribution in [0.3, 0.4) is 0 Å². The summed E-state index contributed by atoms with van der Waals surface area (Å²) >= 11 is 0. The molecule has 0 aliphatic heterocycles. The third kappa shape index (κ3) is 6.03. The van der Waals surface area contributed by atoms with Crippen molar-refractivity contribution in [1.82, 2.24) is 0 Å². The van der Waals surface area contributed by atoms with Crippen molar-refractivity contribution < 1.29 is 18.3 Å². The van der Waals surface area contributed by atoms with E-state index >= 15 is 0 Å². The van der Waals surface area contributed by atoms with Crippen molar-refractivity contribution in [3.8, 4) is 5.75 Å². The third-order valence-corrected chi connectivity index (χ3v) is 3.89. The predicted molar refractivity (Wildman–Crippen MR) is 95.9 cm³/mol. The molecule has 0 unspecified atom stereocenters. The van der Waals surface area contributed by atoms with Gasteiger partial charge in [-0.15, -0.1) is 0 Å². The van der Waals surface area contributed by atoms with Crippen molar-refractivity contribution in [2.45, 2.75) is 32.8 Å². The Kier molecular flexibility index (Phi) is 6.69. The van der Waals surface area contributed by atoms with Gasteiger partial charge in [0, 0.05) is 11.8 Å². The third-order valence-electron chi connectivity index (χ3n) is 3.89. The van der Waals surface area contributed by atoms with Gasteiger partial charge < -0.3 is 10.1 Å². The highest BCUT2D eigenvalue weighted by Gasteiger charge is 2.04. The van der Waals surface area contributed by atoms with Gasteiger partial charge in [0.05, 0.1) is 0 Å². The van der Waals surface area contributed by atoms with E-state index < -0.39 is 6.61 Å². The maximum Gasteiger partial charge on any atom is 0.387 e. The number of carbonyl (C=O) groups excluding carboxylic acids is 1. The van der Waals surface area contributed by atoms with Gasteiger partial charge in [-0.1, -0.05) is 38.1 Å². The van der Waals surface area contributed by atoms with E-state index in [1.165, 1.54) is 23.8 Å². The SMILES string of the molecule is CC[C@@H](C)c1ccc(NC(=O)/C=C/c2ccc(OC(F)F)cc2)cc1. The Morgan fingerprint density at radius 1 is 1.12 bits per heavy atom. The number of rotatable bonds is 7. The number of nitrogens with one attached hydrogen (secondary N) is 1. The number of halogens is 2. The van der Waals surface area contributed by atoms with Crippen molar-refractivity contribution in [3.63, 3.8) is 0 Å². The number of carbonyl (C=O) groups is 1. The fraction of sp³-hybridized carbons (Fsp3) is 0.250. The molecule has 0 saturated carbocycles. The van der Waals surface area contributed by atoms with E-state index in [1.807, 2.05) is 24.3 Å². The van der Waals surface area contributed by atoms with Crippen molar-refractivity contribution in [3.05, 3.63) is 65.7 Å². The van der Waals surface area contributed by atoms with Gasteiger partial charge in [-0.25, -0.2) is 0 Å². The van der Waals surface area contributed by atoms with Gasteiger partial charge in [0.15, 0.2) is 0 Å². The summed E-state index contributed by atoms with van der Waals surface area (Å²) in [6.45, 7) is 1.45. The van der Waals surface area contributed by atoms with Gasteiger partial charge in [-0.3, -0.25) is 4.79 Å². The molecular formula is C20H21F2NO2. The summed E-state index contributed by atoms with van der Waals surface area (Å²) in [5.74, 6) is 0.309. The lowest BCUT2D eigenvalue weighted by Crippen LogP contribution is -2.07. The van der Waals surface area contributed by atoms with E-state index in [-0.39, 0.29) is 11.7 Å². The van der Waals surface area contributed by atoms with Crippen LogP contribution in [0.5, 0.6) is 5.75 Å². The first-order valence-corrected chi connectivity index (χ1v) is 8.12. The van der Waals surface area contributed by atoms with Crippen LogP contribution in [0.15, 0.2) is 54.6 Å². The lowest BCUT2D eigenvalue weighted by Gasteiger charge is -2.09. The highest BCUT2D eigenvalue weighted by atomic mass is 19.3. The van der Waals surface area contributed by atoms with Crippen molar-refractivity contribution in [2.24, 2.45) is 0 Å². The predicted octanol–water partition coefficient (Wildman–Crippen LogP) is 5.45. The topological polar surface area (TPSA) is 38.3 Å². The molecule has 1 amide bonds. The minimum Gasteiger partial charge on any atom is -0.435 e. The quantitative estimate of drug-likeness (QED) is 0.677. The zero-order valence-electron chi connectivity index (χ0n) is 14.2. The first-order valence-electron chi connectivity index (χ1n) is 8.12. The van der Waals surface area contributed by atoms with E-state index in [9.17, 15) is 13.6 Å². The number of alkyl halides is 2. The summed E-state index contributed by atoms with van der Waals surface area (Å²) < 4.78 is 28.4. The van der Waals surface area contributed by atoms with Crippen LogP contribution in [0.25, 0.3) is 6.08 Å². The molecule has 3 nitrogen and oxygen atoms in total. The van der Waals surface area contributed by atoms with Crippen molar-refractivity contribution in [1.29, 1.82) is 0 Å². The Balaban J connectivity index is 1.92. The Morgan fingerprint density at radius 3 is 2.32 bits per heavy atom. The Labute approximate surface area is 146 Å². The second-order valence-corrected chi connectivity index (χ2v) is 5.70. The molecule has 0 bridgehead atoms. The molecule has 0 aliphatic rings. The maximum absolute atomic E-state index is 12.1. The molecule has 0 fully saturated rings. The normalized spacial score (nSPS) is 12.4. The summed E-state index contributed by atoms with van der Waals surface area (Å²) in [6, 6.07) is 13.8. The standard InChI is InChI=1S/C20H21F2NO2/c1-3-14(2)16-7-9-17(10-8-16)23-19(24)13-6-15-4-11-18(12-5-15)25-20(21)22/h4-14,20H,3H2,1-2H3,(H,23,24)/b13-6+/t14-/m1/s1. The van der Waals surface area contributed by atoms with Crippen LogP contribution in [-0.2, 0) is 4.79 Å². The summed E-state index contributed by atoms with van der Waals surface area (Å²) in [4.78, 5) is 12.0. The molecular weight excluding hydrogens is 324 g/mol. The molecule has 1 N–H and O–H groups in total. The first-order chi connectivity index (χ1) is 12.0. The minimum atomic E-state index is -2.85. The molecule has 5 heteroatoms. The van der Waals surface area contributed by atoms with Crippen molar-refractivity contribution in [2.75, 3.05) is 5.32 Å². The second kappa shape index (κ2) is 8.97. The van der Waals surface area contributed by atoms with Crippen LogP contribution in [0.2, 0.25) is 0 Å². The fourth-order valence-electron chi connectivity index (χ4n) is 2.25. The first kappa shape index (κ1) is 18.6. The molecule has 132 valence electrons. The summed E-state index contributed by atoms with van der Waals surface area (Å²) in [5.41, 5.74) is 2.67. The lowest BCUT2D eigenvalue weighted by molar-refractivity contribution is -0.111. The Hall–Kier alpha value is -2.69. The van der Waals surface area contributed by atoms with Gasteiger partial charge in [0.25, 0.3) is 0 Å². The average Bonchev–Trinajstić information content (AvgIpc) is 2.60. The van der Waals surface area contributed by atoms with Gasteiger partial charge in [0.2, 0.25) is 5.91 Å². The van der Waals surface area contributed by atoms with Crippen LogP contribution in [0.1, 0.15) is 37.3 Å². The fourth-order valence-corrected chi connectivity index (χ4v) is 2.25. The molecule has 0 heterocycles. The van der Waals surface area contributed by atoms with Gasteiger partial charge in [-0.05, 0) is 53.8 Å².